The Morgan fingerprint density at radius 3 is 0.756 bits per heavy atom. The summed E-state index contributed by atoms with van der Waals surface area (Å²) in [6, 6.07) is 13.0. The SMILES string of the molecule is CSCCCS.CSCCCSCCOCCOCCSCCCSCCOCCOCCSCCCSC.Cc1ccc(S(=O)(=O)OCCOCCOCCSCCCSCCOCCOCCOS(=O)(=O)c2ccc(C)cc2)cc1. The van der Waals surface area contributed by atoms with E-state index >= 15 is 0 Å². The van der Waals surface area contributed by atoms with Crippen LogP contribution in [0.3, 0.4) is 0 Å². The summed E-state index contributed by atoms with van der Waals surface area (Å²) in [5, 5.41) is 0. The van der Waals surface area contributed by atoms with Crippen molar-refractivity contribution < 1.29 is 63.1 Å². The number of thiol groups is 1. The van der Waals surface area contributed by atoms with E-state index in [4.69, 9.17) is 46.3 Å². The molecule has 0 unspecified atom stereocenters. The molecular formula is C56H102O14S12. The predicted octanol–water partition coefficient (Wildman–Crippen LogP) is 11.9. The molecule has 0 N–H and O–H groups in total. The minimum atomic E-state index is -3.76. The Bertz CT molecular complexity index is 1700. The Morgan fingerprint density at radius 1 is 0.305 bits per heavy atom. The summed E-state index contributed by atoms with van der Waals surface area (Å²) in [4.78, 5) is 0.279. The Hall–Kier alpha value is 1.44. The zero-order valence-corrected chi connectivity index (χ0v) is 59.7. The summed E-state index contributed by atoms with van der Waals surface area (Å²) in [5.41, 5.74) is 1.96. The molecule has 2 aromatic rings. The van der Waals surface area contributed by atoms with E-state index in [0.29, 0.717) is 39.6 Å². The van der Waals surface area contributed by atoms with Crippen LogP contribution in [-0.4, -0.2) is 247 Å². The highest BCUT2D eigenvalue weighted by Crippen LogP contribution is 2.15. The van der Waals surface area contributed by atoms with Crippen molar-refractivity contribution in [2.24, 2.45) is 0 Å². The molecule has 0 saturated heterocycles. The van der Waals surface area contributed by atoms with Gasteiger partial charge in [-0.25, -0.2) is 0 Å². The summed E-state index contributed by atoms with van der Waals surface area (Å²) in [7, 11) is -7.52. The molecule has 0 saturated carbocycles. The van der Waals surface area contributed by atoms with Crippen LogP contribution in [0.2, 0.25) is 0 Å². The molecule has 0 bridgehead atoms. The lowest BCUT2D eigenvalue weighted by Crippen LogP contribution is -2.14. The van der Waals surface area contributed by atoms with Crippen molar-refractivity contribution in [3.63, 3.8) is 0 Å². The molecule has 0 aliphatic carbocycles. The van der Waals surface area contributed by atoms with Gasteiger partial charge in [-0.3, -0.25) is 8.37 Å². The average molecular weight is 1380 g/mol. The van der Waals surface area contributed by atoms with Crippen molar-refractivity contribution in [2.75, 3.05) is 230 Å². The van der Waals surface area contributed by atoms with Crippen LogP contribution >= 0.6 is 118 Å². The van der Waals surface area contributed by atoms with Crippen LogP contribution in [0.4, 0.5) is 0 Å². The van der Waals surface area contributed by atoms with Crippen LogP contribution in [0.15, 0.2) is 58.3 Å². The van der Waals surface area contributed by atoms with E-state index in [9.17, 15) is 16.8 Å². The van der Waals surface area contributed by atoms with Gasteiger partial charge < -0.3 is 37.9 Å². The van der Waals surface area contributed by atoms with Gasteiger partial charge in [0.25, 0.3) is 20.2 Å². The monoisotopic (exact) mass is 1380 g/mol. The molecule has 2 aromatic carbocycles. The van der Waals surface area contributed by atoms with E-state index in [1.807, 2.05) is 120 Å². The number of rotatable bonds is 59. The standard InChI is InChI=1S/C29H44O10S4.C23H48O4S6.C4H10S2/c1-26-4-8-28(9-5-26)42(30,31)38-18-16-34-12-14-36-20-24-40-22-3-23-41-25-21-37-15-13-35-17-19-39-43(32,33)29-10-6-27(2)7-11-29;1-28-14-3-16-30-20-10-24-6-8-26-12-22-32-18-5-19-33-23-13-27-9-7-25-11-21-31-17-4-15-29-2;1-6-4-2-3-5/h4-11H,3,12-25H2,1-2H3;3-23H2,1-2H3;5H,2-4H2,1H3. The molecule has 26 heteroatoms. The first-order chi connectivity index (χ1) is 40.0. The predicted molar refractivity (Wildman–Crippen MR) is 371 cm³/mol. The van der Waals surface area contributed by atoms with E-state index in [1.54, 1.807) is 24.3 Å². The van der Waals surface area contributed by atoms with Crippen molar-refractivity contribution in [2.45, 2.75) is 55.7 Å². The molecule has 0 heterocycles. The topological polar surface area (TPSA) is 161 Å². The summed E-state index contributed by atoms with van der Waals surface area (Å²) in [6.07, 6.45) is 12.6. The first kappa shape index (κ1) is 83.4. The maximum Gasteiger partial charge on any atom is 0.297 e. The molecule has 2 rings (SSSR count). The highest BCUT2D eigenvalue weighted by molar-refractivity contribution is 8.01. The van der Waals surface area contributed by atoms with Crippen LogP contribution in [0, 0.1) is 13.8 Å². The van der Waals surface area contributed by atoms with Gasteiger partial charge in [-0.2, -0.15) is 135 Å². The van der Waals surface area contributed by atoms with Gasteiger partial charge >= 0.3 is 0 Å². The second-order valence-electron chi connectivity index (χ2n) is 17.2. The van der Waals surface area contributed by atoms with Crippen molar-refractivity contribution in [1.29, 1.82) is 0 Å². The van der Waals surface area contributed by atoms with Crippen LogP contribution in [0.25, 0.3) is 0 Å². The lowest BCUT2D eigenvalue weighted by Gasteiger charge is -2.08. The van der Waals surface area contributed by atoms with Gasteiger partial charge in [0.05, 0.1) is 129 Å². The third kappa shape index (κ3) is 59.1. The molecule has 482 valence electrons. The minimum Gasteiger partial charge on any atom is -0.378 e. The Morgan fingerprint density at radius 2 is 0.524 bits per heavy atom. The summed E-state index contributed by atoms with van der Waals surface area (Å²) >= 11 is 21.4. The maximum absolute atomic E-state index is 12.1. The number of ether oxygens (including phenoxy) is 8. The molecule has 0 radical (unpaired) electrons. The molecule has 0 amide bonds. The summed E-state index contributed by atoms with van der Waals surface area (Å²) in [5.74, 6) is 18.0. The number of thioether (sulfide) groups is 9. The number of aryl methyl sites for hydroxylation is 2. The number of hydrogen-bond acceptors (Lipinski definition) is 24. The van der Waals surface area contributed by atoms with Crippen molar-refractivity contribution in [1.82, 2.24) is 0 Å². The highest BCUT2D eigenvalue weighted by atomic mass is 32.2. The summed E-state index contributed by atoms with van der Waals surface area (Å²) < 4.78 is 103. The normalized spacial score (nSPS) is 11.6. The van der Waals surface area contributed by atoms with Gasteiger partial charge in [0, 0.05) is 34.5 Å². The van der Waals surface area contributed by atoms with Gasteiger partial charge in [-0.05, 0) is 147 Å². The van der Waals surface area contributed by atoms with Crippen molar-refractivity contribution in [3.05, 3.63) is 59.7 Å². The van der Waals surface area contributed by atoms with Crippen LogP contribution in [-0.2, 0) is 66.5 Å². The van der Waals surface area contributed by atoms with E-state index in [1.165, 1.54) is 90.2 Å². The quantitative estimate of drug-likeness (QED) is 0.0378. The molecule has 0 spiro atoms. The molecule has 14 nitrogen and oxygen atoms in total. The van der Waals surface area contributed by atoms with Gasteiger partial charge in [0.1, 0.15) is 0 Å². The van der Waals surface area contributed by atoms with Crippen molar-refractivity contribution >= 4 is 139 Å². The molecule has 0 aliphatic rings. The molecule has 0 aromatic heterocycles. The minimum absolute atomic E-state index is 0.0357. The Balaban J connectivity index is 0.00000150. The Labute approximate surface area is 542 Å². The van der Waals surface area contributed by atoms with Gasteiger partial charge in [-0.1, -0.05) is 35.4 Å². The fraction of sp³-hybridized carbons (Fsp3) is 0.786. The molecular weight excluding hydrogens is 1280 g/mol. The van der Waals surface area contributed by atoms with Crippen LogP contribution < -0.4 is 0 Å². The van der Waals surface area contributed by atoms with Crippen molar-refractivity contribution in [3.8, 4) is 0 Å². The molecule has 0 fully saturated rings. The van der Waals surface area contributed by atoms with E-state index in [0.717, 1.165) is 122 Å². The van der Waals surface area contributed by atoms with Crippen LogP contribution in [0.1, 0.15) is 43.2 Å². The lowest BCUT2D eigenvalue weighted by atomic mass is 10.2. The van der Waals surface area contributed by atoms with Gasteiger partial charge in [0.15, 0.2) is 0 Å². The fourth-order valence-corrected chi connectivity index (χ4v) is 14.8. The number of benzene rings is 2. The first-order valence-electron chi connectivity index (χ1n) is 28.1. The van der Waals surface area contributed by atoms with E-state index < -0.39 is 20.2 Å². The van der Waals surface area contributed by atoms with E-state index in [-0.39, 0.29) is 36.2 Å². The fourth-order valence-electron chi connectivity index (χ4n) is 5.90. The third-order valence-electron chi connectivity index (χ3n) is 10.2. The molecule has 82 heavy (non-hydrogen) atoms. The third-order valence-corrected chi connectivity index (χ3v) is 21.5. The largest absolute Gasteiger partial charge is 0.378 e. The molecule has 0 atom stereocenters. The second-order valence-corrected chi connectivity index (χ2v) is 31.2. The van der Waals surface area contributed by atoms with Crippen LogP contribution in [0.5, 0.6) is 0 Å². The van der Waals surface area contributed by atoms with E-state index in [2.05, 4.69) is 31.4 Å². The second kappa shape index (κ2) is 65.4. The zero-order chi connectivity index (χ0) is 60.0. The summed E-state index contributed by atoms with van der Waals surface area (Å²) in [6.45, 7) is 13.3. The smallest absolute Gasteiger partial charge is 0.297 e. The Kier molecular flexibility index (Phi) is 66.5. The lowest BCUT2D eigenvalue weighted by molar-refractivity contribution is 0.0421. The van der Waals surface area contributed by atoms with Gasteiger partial charge in [0.2, 0.25) is 0 Å². The average Bonchev–Trinajstić information content (AvgIpc) is 3.50. The highest BCUT2D eigenvalue weighted by Gasteiger charge is 2.15. The number of hydrogen-bond donors (Lipinski definition) is 1. The van der Waals surface area contributed by atoms with Gasteiger partial charge in [-0.15, -0.1) is 0 Å². The zero-order valence-electron chi connectivity index (χ0n) is 49.8. The molecule has 0 aliphatic heterocycles. The maximum atomic E-state index is 12.1. The first-order valence-corrected chi connectivity index (χ1v) is 42.7.